The SMILES string of the molecule is CC(C)n1c(NC2CCCc3ccccc32)nc2sc3c(c2c1=O)CCCC3. The van der Waals surface area contributed by atoms with Crippen LogP contribution in [0.4, 0.5) is 5.95 Å². The summed E-state index contributed by atoms with van der Waals surface area (Å²) < 4.78 is 1.88. The fourth-order valence-electron chi connectivity index (χ4n) is 4.86. The largest absolute Gasteiger partial charge is 0.349 e. The molecule has 0 fully saturated rings. The minimum atomic E-state index is 0.0740. The van der Waals surface area contributed by atoms with Crippen LogP contribution in [-0.2, 0) is 19.3 Å². The molecule has 1 N–H and O–H groups in total. The second-order valence-corrected chi connectivity index (χ2v) is 9.47. The summed E-state index contributed by atoms with van der Waals surface area (Å²) in [7, 11) is 0. The zero-order valence-corrected chi connectivity index (χ0v) is 17.4. The van der Waals surface area contributed by atoms with E-state index in [1.807, 2.05) is 4.57 Å². The molecule has 0 aliphatic heterocycles. The van der Waals surface area contributed by atoms with Crippen molar-refractivity contribution < 1.29 is 0 Å². The molecular formula is C23H27N3OS. The molecule has 2 aliphatic rings. The highest BCUT2D eigenvalue weighted by Gasteiger charge is 2.25. The number of nitrogens with one attached hydrogen (secondary N) is 1. The Bertz CT molecular complexity index is 1100. The van der Waals surface area contributed by atoms with Gasteiger partial charge in [-0.15, -0.1) is 11.3 Å². The van der Waals surface area contributed by atoms with Crippen molar-refractivity contribution in [3.05, 3.63) is 56.2 Å². The Hall–Kier alpha value is -2.14. The lowest BCUT2D eigenvalue weighted by molar-refractivity contribution is 0.553. The van der Waals surface area contributed by atoms with E-state index in [-0.39, 0.29) is 17.6 Å². The Morgan fingerprint density at radius 1 is 1.14 bits per heavy atom. The van der Waals surface area contributed by atoms with Crippen LogP contribution in [0.25, 0.3) is 10.2 Å². The van der Waals surface area contributed by atoms with Gasteiger partial charge in [0.15, 0.2) is 0 Å². The molecule has 5 heteroatoms. The smallest absolute Gasteiger partial charge is 0.264 e. The van der Waals surface area contributed by atoms with Gasteiger partial charge in [-0.1, -0.05) is 24.3 Å². The monoisotopic (exact) mass is 393 g/mol. The fourth-order valence-corrected chi connectivity index (χ4v) is 6.11. The van der Waals surface area contributed by atoms with Crippen LogP contribution in [0.1, 0.15) is 73.2 Å². The number of rotatable bonds is 3. The third-order valence-electron chi connectivity index (χ3n) is 6.21. The van der Waals surface area contributed by atoms with Crippen molar-refractivity contribution in [2.45, 2.75) is 70.9 Å². The molecule has 1 atom stereocenters. The molecule has 146 valence electrons. The number of thiophene rings is 1. The first-order chi connectivity index (χ1) is 13.6. The molecule has 1 unspecified atom stereocenters. The van der Waals surface area contributed by atoms with E-state index in [4.69, 9.17) is 4.98 Å². The number of aryl methyl sites for hydroxylation is 3. The molecule has 4 nitrogen and oxygen atoms in total. The summed E-state index contributed by atoms with van der Waals surface area (Å²) in [5.41, 5.74) is 4.17. The third kappa shape index (κ3) is 2.87. The van der Waals surface area contributed by atoms with Crippen LogP contribution in [0.3, 0.4) is 0 Å². The van der Waals surface area contributed by atoms with Gasteiger partial charge in [0.25, 0.3) is 5.56 Å². The molecular weight excluding hydrogens is 366 g/mol. The van der Waals surface area contributed by atoms with Crippen molar-refractivity contribution in [2.24, 2.45) is 0 Å². The number of anilines is 1. The maximum atomic E-state index is 13.5. The van der Waals surface area contributed by atoms with E-state index in [2.05, 4.69) is 43.4 Å². The molecule has 0 amide bonds. The standard InChI is InChI=1S/C23H27N3OS/c1-14(2)26-22(27)20-17-11-5-6-13-19(17)28-21(20)25-23(26)24-18-12-7-9-15-8-3-4-10-16(15)18/h3-4,8,10,14,18H,5-7,9,11-13H2,1-2H3,(H,24,25). The summed E-state index contributed by atoms with van der Waals surface area (Å²) in [6.45, 7) is 4.15. The van der Waals surface area contributed by atoms with Gasteiger partial charge in [0.1, 0.15) is 4.83 Å². The van der Waals surface area contributed by atoms with Crippen LogP contribution < -0.4 is 10.9 Å². The number of hydrogen-bond acceptors (Lipinski definition) is 4. The maximum Gasteiger partial charge on any atom is 0.264 e. The van der Waals surface area contributed by atoms with E-state index in [0.29, 0.717) is 0 Å². The van der Waals surface area contributed by atoms with Gasteiger partial charge in [-0.3, -0.25) is 9.36 Å². The van der Waals surface area contributed by atoms with E-state index in [1.54, 1.807) is 11.3 Å². The Kier molecular flexibility index (Phi) is 4.50. The molecule has 0 bridgehead atoms. The molecule has 3 aromatic rings. The highest BCUT2D eigenvalue weighted by atomic mass is 32.1. The van der Waals surface area contributed by atoms with Gasteiger partial charge in [0, 0.05) is 10.9 Å². The quantitative estimate of drug-likeness (QED) is 0.647. The summed E-state index contributed by atoms with van der Waals surface area (Å²) in [4.78, 5) is 20.8. The van der Waals surface area contributed by atoms with Gasteiger partial charge in [-0.05, 0) is 75.5 Å². The topological polar surface area (TPSA) is 46.9 Å². The lowest BCUT2D eigenvalue weighted by Crippen LogP contribution is -2.29. The van der Waals surface area contributed by atoms with Crippen LogP contribution in [0, 0.1) is 0 Å². The van der Waals surface area contributed by atoms with Crippen molar-refractivity contribution >= 4 is 27.5 Å². The predicted octanol–water partition coefficient (Wildman–Crippen LogP) is 5.41. The van der Waals surface area contributed by atoms with Gasteiger partial charge < -0.3 is 5.32 Å². The number of aromatic nitrogens is 2. The highest BCUT2D eigenvalue weighted by molar-refractivity contribution is 7.18. The average Bonchev–Trinajstić information content (AvgIpc) is 3.06. The van der Waals surface area contributed by atoms with Crippen LogP contribution in [0.5, 0.6) is 0 Å². The lowest BCUT2D eigenvalue weighted by atomic mass is 9.88. The number of fused-ring (bicyclic) bond motifs is 4. The number of benzene rings is 1. The summed E-state index contributed by atoms with van der Waals surface area (Å²) in [5, 5.41) is 4.54. The lowest BCUT2D eigenvalue weighted by Gasteiger charge is -2.28. The van der Waals surface area contributed by atoms with Crippen LogP contribution in [-0.4, -0.2) is 9.55 Å². The van der Waals surface area contributed by atoms with Gasteiger partial charge >= 0.3 is 0 Å². The second kappa shape index (κ2) is 7.03. The molecule has 0 radical (unpaired) electrons. The first-order valence-corrected chi connectivity index (χ1v) is 11.4. The zero-order valence-electron chi connectivity index (χ0n) is 16.6. The first kappa shape index (κ1) is 17.9. The van der Waals surface area contributed by atoms with Crippen molar-refractivity contribution in [1.29, 1.82) is 0 Å². The van der Waals surface area contributed by atoms with Crippen molar-refractivity contribution in [1.82, 2.24) is 9.55 Å². The third-order valence-corrected chi connectivity index (χ3v) is 7.40. The predicted molar refractivity (Wildman–Crippen MR) is 117 cm³/mol. The summed E-state index contributed by atoms with van der Waals surface area (Å²) in [5.74, 6) is 0.729. The van der Waals surface area contributed by atoms with Crippen LogP contribution in [0.15, 0.2) is 29.1 Å². The van der Waals surface area contributed by atoms with E-state index < -0.39 is 0 Å². The first-order valence-electron chi connectivity index (χ1n) is 10.5. The molecule has 0 spiro atoms. The minimum absolute atomic E-state index is 0.0740. The van der Waals surface area contributed by atoms with Gasteiger partial charge in [-0.2, -0.15) is 0 Å². The average molecular weight is 394 g/mol. The highest BCUT2D eigenvalue weighted by Crippen LogP contribution is 2.36. The van der Waals surface area contributed by atoms with Crippen molar-refractivity contribution in [3.8, 4) is 0 Å². The van der Waals surface area contributed by atoms with Crippen molar-refractivity contribution in [3.63, 3.8) is 0 Å². The molecule has 2 heterocycles. The maximum absolute atomic E-state index is 13.5. The Balaban J connectivity index is 1.64. The van der Waals surface area contributed by atoms with E-state index >= 15 is 0 Å². The fraction of sp³-hybridized carbons (Fsp3) is 0.478. The van der Waals surface area contributed by atoms with Crippen LogP contribution in [0.2, 0.25) is 0 Å². The molecule has 5 rings (SSSR count). The van der Waals surface area contributed by atoms with Gasteiger partial charge in [0.05, 0.1) is 11.4 Å². The minimum Gasteiger partial charge on any atom is -0.349 e. The Labute approximate surface area is 169 Å². The van der Waals surface area contributed by atoms with Gasteiger partial charge in [-0.25, -0.2) is 4.98 Å². The summed E-state index contributed by atoms with van der Waals surface area (Å²) >= 11 is 1.73. The summed E-state index contributed by atoms with van der Waals surface area (Å²) in [6.07, 6.45) is 7.89. The molecule has 0 saturated heterocycles. The number of nitrogens with zero attached hydrogens (tertiary/aromatic N) is 2. The van der Waals surface area contributed by atoms with E-state index in [9.17, 15) is 4.79 Å². The zero-order chi connectivity index (χ0) is 19.3. The Morgan fingerprint density at radius 2 is 1.96 bits per heavy atom. The molecule has 2 aromatic heterocycles. The molecule has 1 aromatic carbocycles. The molecule has 0 saturated carbocycles. The van der Waals surface area contributed by atoms with E-state index in [0.717, 1.165) is 48.3 Å². The molecule has 28 heavy (non-hydrogen) atoms. The second-order valence-electron chi connectivity index (χ2n) is 8.38. The van der Waals surface area contributed by atoms with Gasteiger partial charge in [0.2, 0.25) is 5.95 Å². The summed E-state index contributed by atoms with van der Waals surface area (Å²) in [6, 6.07) is 8.96. The van der Waals surface area contributed by atoms with Crippen LogP contribution >= 0.6 is 11.3 Å². The molecule has 2 aliphatic carbocycles. The van der Waals surface area contributed by atoms with E-state index in [1.165, 1.54) is 34.4 Å². The normalized spacial score (nSPS) is 18.9. The number of hydrogen-bond donors (Lipinski definition) is 1. The van der Waals surface area contributed by atoms with Crippen molar-refractivity contribution in [2.75, 3.05) is 5.32 Å². The Morgan fingerprint density at radius 3 is 2.82 bits per heavy atom.